The van der Waals surface area contributed by atoms with Crippen LogP contribution < -0.4 is 10.2 Å². The van der Waals surface area contributed by atoms with Gasteiger partial charge in [-0.15, -0.1) is 0 Å². The van der Waals surface area contributed by atoms with Gasteiger partial charge < -0.3 is 10.2 Å². The minimum absolute atomic E-state index is 0.0817. The van der Waals surface area contributed by atoms with Crippen molar-refractivity contribution >= 4 is 17.5 Å². The summed E-state index contributed by atoms with van der Waals surface area (Å²) in [7, 11) is 0. The van der Waals surface area contributed by atoms with E-state index in [-0.39, 0.29) is 5.41 Å². The van der Waals surface area contributed by atoms with Gasteiger partial charge in [-0.2, -0.15) is 4.98 Å². The second-order valence-corrected chi connectivity index (χ2v) is 6.33. The highest BCUT2D eigenvalue weighted by Gasteiger charge is 2.17. The Morgan fingerprint density at radius 2 is 1.73 bits per heavy atom. The van der Waals surface area contributed by atoms with Crippen molar-refractivity contribution in [2.75, 3.05) is 23.3 Å². The maximum atomic E-state index is 4.64. The van der Waals surface area contributed by atoms with Crippen molar-refractivity contribution in [3.8, 4) is 0 Å². The number of benzene rings is 1. The van der Waals surface area contributed by atoms with Crippen molar-refractivity contribution in [2.24, 2.45) is 0 Å². The molecule has 1 heterocycles. The van der Waals surface area contributed by atoms with Crippen LogP contribution in [0.4, 0.5) is 17.5 Å². The normalized spacial score (nSPS) is 11.3. The third kappa shape index (κ3) is 3.75. The van der Waals surface area contributed by atoms with Gasteiger partial charge in [-0.05, 0) is 37.0 Å². The lowest BCUT2D eigenvalue weighted by Gasteiger charge is -2.23. The first-order valence-electron chi connectivity index (χ1n) is 7.90. The lowest BCUT2D eigenvalue weighted by atomic mass is 9.86. The van der Waals surface area contributed by atoms with Crippen molar-refractivity contribution in [3.05, 3.63) is 42.1 Å². The third-order valence-electron chi connectivity index (χ3n) is 3.69. The van der Waals surface area contributed by atoms with E-state index < -0.39 is 0 Å². The van der Waals surface area contributed by atoms with E-state index in [1.54, 1.807) is 0 Å². The monoisotopic (exact) mass is 298 g/mol. The van der Waals surface area contributed by atoms with Gasteiger partial charge in [0.15, 0.2) is 0 Å². The van der Waals surface area contributed by atoms with Gasteiger partial charge in [0.1, 0.15) is 5.82 Å². The first-order chi connectivity index (χ1) is 10.5. The van der Waals surface area contributed by atoms with Crippen molar-refractivity contribution in [1.82, 2.24) is 9.97 Å². The maximum absolute atomic E-state index is 4.64. The number of nitrogens with one attached hydrogen (secondary N) is 1. The Kier molecular flexibility index (Phi) is 5.01. The average molecular weight is 298 g/mol. The molecule has 0 saturated heterocycles. The number of aromatic nitrogens is 2. The number of hydrogen-bond donors (Lipinski definition) is 1. The molecule has 22 heavy (non-hydrogen) atoms. The number of hydrogen-bond acceptors (Lipinski definition) is 4. The zero-order chi connectivity index (χ0) is 16.2. The maximum Gasteiger partial charge on any atom is 0.227 e. The zero-order valence-corrected chi connectivity index (χ0v) is 14.2. The summed E-state index contributed by atoms with van der Waals surface area (Å²) >= 11 is 0. The Balaban J connectivity index is 2.31. The molecule has 1 N–H and O–H groups in total. The molecule has 0 saturated carbocycles. The first kappa shape index (κ1) is 16.3. The Hall–Kier alpha value is -2.10. The van der Waals surface area contributed by atoms with E-state index in [0.29, 0.717) is 0 Å². The molecule has 4 heteroatoms. The second-order valence-electron chi connectivity index (χ2n) is 6.33. The van der Waals surface area contributed by atoms with Gasteiger partial charge >= 0.3 is 0 Å². The molecule has 0 aliphatic heterocycles. The van der Waals surface area contributed by atoms with Gasteiger partial charge in [-0.25, -0.2) is 4.98 Å². The van der Waals surface area contributed by atoms with Crippen LogP contribution in [0.15, 0.2) is 36.5 Å². The van der Waals surface area contributed by atoms with Crippen molar-refractivity contribution in [2.45, 2.75) is 40.0 Å². The van der Waals surface area contributed by atoms with Gasteiger partial charge in [-0.1, -0.05) is 39.0 Å². The number of para-hydroxylation sites is 1. The molecule has 0 fully saturated rings. The molecule has 1 aromatic heterocycles. The topological polar surface area (TPSA) is 41.1 Å². The van der Waals surface area contributed by atoms with Crippen LogP contribution in [-0.4, -0.2) is 23.1 Å². The highest BCUT2D eigenvalue weighted by atomic mass is 15.3. The van der Waals surface area contributed by atoms with Crippen LogP contribution in [0.1, 0.15) is 40.2 Å². The fourth-order valence-corrected chi connectivity index (χ4v) is 2.46. The van der Waals surface area contributed by atoms with Crippen molar-refractivity contribution < 1.29 is 0 Å². The van der Waals surface area contributed by atoms with Gasteiger partial charge in [0.25, 0.3) is 0 Å². The molecular weight excluding hydrogens is 272 g/mol. The smallest absolute Gasteiger partial charge is 0.227 e. The molecule has 0 unspecified atom stereocenters. The molecule has 118 valence electrons. The summed E-state index contributed by atoms with van der Waals surface area (Å²) in [5, 5.41) is 3.44. The van der Waals surface area contributed by atoms with Crippen LogP contribution in [0, 0.1) is 0 Å². The summed E-state index contributed by atoms with van der Waals surface area (Å²) in [5.41, 5.74) is 2.45. The van der Waals surface area contributed by atoms with Gasteiger partial charge in [-0.3, -0.25) is 0 Å². The average Bonchev–Trinajstić information content (AvgIpc) is 2.48. The van der Waals surface area contributed by atoms with E-state index in [1.165, 1.54) is 5.56 Å². The predicted molar refractivity (Wildman–Crippen MR) is 94.0 cm³/mol. The lowest BCUT2D eigenvalue weighted by Crippen LogP contribution is -2.24. The van der Waals surface area contributed by atoms with Gasteiger partial charge in [0.2, 0.25) is 5.95 Å². The molecule has 0 amide bonds. The Labute approximate surface area is 133 Å². The van der Waals surface area contributed by atoms with E-state index in [9.17, 15) is 0 Å². The molecule has 0 radical (unpaired) electrons. The summed E-state index contributed by atoms with van der Waals surface area (Å²) < 4.78 is 0. The molecular formula is C18H26N4. The molecule has 1 aromatic carbocycles. The fraction of sp³-hybridized carbons (Fsp3) is 0.444. The van der Waals surface area contributed by atoms with Crippen molar-refractivity contribution in [3.63, 3.8) is 0 Å². The van der Waals surface area contributed by atoms with E-state index in [4.69, 9.17) is 0 Å². The SMILES string of the molecule is CCN(CC)c1nccc(Nc2ccccc2C(C)(C)C)n1. The van der Waals surface area contributed by atoms with Crippen molar-refractivity contribution in [1.29, 1.82) is 0 Å². The van der Waals surface area contributed by atoms with Crippen LogP contribution in [0.2, 0.25) is 0 Å². The van der Waals surface area contributed by atoms with Gasteiger partial charge in [0.05, 0.1) is 0 Å². The molecule has 0 aliphatic rings. The number of rotatable bonds is 5. The Morgan fingerprint density at radius 1 is 1.05 bits per heavy atom. The summed E-state index contributed by atoms with van der Waals surface area (Å²) in [6.07, 6.45) is 1.81. The van der Waals surface area contributed by atoms with Gasteiger partial charge in [0, 0.05) is 25.0 Å². The van der Waals surface area contributed by atoms with Crippen LogP contribution in [0.25, 0.3) is 0 Å². The van der Waals surface area contributed by atoms with Crippen LogP contribution in [0.5, 0.6) is 0 Å². The highest BCUT2D eigenvalue weighted by Crippen LogP contribution is 2.30. The quantitative estimate of drug-likeness (QED) is 0.890. The molecule has 2 aromatic rings. The number of anilines is 3. The minimum atomic E-state index is 0.0817. The Bertz CT molecular complexity index is 612. The minimum Gasteiger partial charge on any atom is -0.341 e. The molecule has 0 atom stereocenters. The van der Waals surface area contributed by atoms with E-state index in [0.717, 1.165) is 30.5 Å². The predicted octanol–water partition coefficient (Wildman–Crippen LogP) is 4.36. The summed E-state index contributed by atoms with van der Waals surface area (Å²) in [4.78, 5) is 11.1. The highest BCUT2D eigenvalue weighted by molar-refractivity contribution is 5.62. The summed E-state index contributed by atoms with van der Waals surface area (Å²) in [5.74, 6) is 1.59. The third-order valence-corrected chi connectivity index (χ3v) is 3.69. The Morgan fingerprint density at radius 3 is 2.36 bits per heavy atom. The molecule has 0 aliphatic carbocycles. The second kappa shape index (κ2) is 6.77. The van der Waals surface area contributed by atoms with Crippen LogP contribution >= 0.6 is 0 Å². The lowest BCUT2D eigenvalue weighted by molar-refractivity contribution is 0.592. The molecule has 0 spiro atoms. The zero-order valence-electron chi connectivity index (χ0n) is 14.2. The summed E-state index contributed by atoms with van der Waals surface area (Å²) in [6.45, 7) is 12.7. The van der Waals surface area contributed by atoms with E-state index in [1.807, 2.05) is 18.3 Å². The van der Waals surface area contributed by atoms with E-state index in [2.05, 4.69) is 73.0 Å². The number of nitrogens with zero attached hydrogens (tertiary/aromatic N) is 3. The van der Waals surface area contributed by atoms with Crippen LogP contribution in [0.3, 0.4) is 0 Å². The summed E-state index contributed by atoms with van der Waals surface area (Å²) in [6, 6.07) is 10.3. The first-order valence-corrected chi connectivity index (χ1v) is 7.90. The fourth-order valence-electron chi connectivity index (χ4n) is 2.46. The molecule has 4 nitrogen and oxygen atoms in total. The standard InChI is InChI=1S/C18H26N4/c1-6-22(7-2)17-19-13-12-16(21-17)20-15-11-9-8-10-14(15)18(3,4)5/h8-13H,6-7H2,1-5H3,(H,19,20,21). The molecule has 0 bridgehead atoms. The molecule has 2 rings (SSSR count). The van der Waals surface area contributed by atoms with E-state index >= 15 is 0 Å². The largest absolute Gasteiger partial charge is 0.341 e. The van der Waals surface area contributed by atoms with Crippen LogP contribution in [-0.2, 0) is 5.41 Å².